The van der Waals surface area contributed by atoms with Crippen LogP contribution in [0.3, 0.4) is 0 Å². The monoisotopic (exact) mass is 240 g/mol. The van der Waals surface area contributed by atoms with E-state index in [2.05, 4.69) is 10.3 Å². The lowest BCUT2D eigenvalue weighted by Gasteiger charge is -2.23. The van der Waals surface area contributed by atoms with Gasteiger partial charge in [-0.25, -0.2) is 9.78 Å². The Bertz CT molecular complexity index is 403. The minimum Gasteiger partial charge on any atom is -0.478 e. The van der Waals surface area contributed by atoms with Crippen LogP contribution in [0, 0.1) is 0 Å². The smallest absolute Gasteiger partial charge is 0.338 e. The number of pyridine rings is 1. The number of aromatic nitrogens is 1. The first-order valence-electron chi connectivity index (χ1n) is 5.28. The zero-order valence-electron chi connectivity index (χ0n) is 8.74. The van der Waals surface area contributed by atoms with Crippen molar-refractivity contribution in [2.75, 3.05) is 13.1 Å². The van der Waals surface area contributed by atoms with Crippen LogP contribution in [-0.2, 0) is 0 Å². The van der Waals surface area contributed by atoms with Crippen molar-refractivity contribution in [1.29, 1.82) is 0 Å². The Hall–Kier alpha value is -1.13. The van der Waals surface area contributed by atoms with Crippen LogP contribution in [0.25, 0.3) is 0 Å². The summed E-state index contributed by atoms with van der Waals surface area (Å²) in [4.78, 5) is 14.8. The molecule has 1 aromatic heterocycles. The van der Waals surface area contributed by atoms with Gasteiger partial charge in [-0.3, -0.25) is 0 Å². The number of carboxylic acid groups (broad SMARTS) is 1. The van der Waals surface area contributed by atoms with Gasteiger partial charge in [0.05, 0.1) is 5.56 Å². The molecule has 1 aliphatic heterocycles. The number of halogens is 1. The van der Waals surface area contributed by atoms with Crippen molar-refractivity contribution in [3.05, 3.63) is 28.5 Å². The van der Waals surface area contributed by atoms with Gasteiger partial charge in [0.25, 0.3) is 0 Å². The number of carbonyl (C=O) groups is 1. The maximum atomic E-state index is 10.9. The Balaban J connectivity index is 2.27. The van der Waals surface area contributed by atoms with Crippen LogP contribution >= 0.6 is 11.6 Å². The Kier molecular flexibility index (Phi) is 3.41. The third-order valence-electron chi connectivity index (χ3n) is 2.86. The molecule has 5 heteroatoms. The molecule has 0 aliphatic carbocycles. The fourth-order valence-electron chi connectivity index (χ4n) is 1.97. The van der Waals surface area contributed by atoms with Crippen LogP contribution in [0.15, 0.2) is 12.3 Å². The number of hydrogen-bond acceptors (Lipinski definition) is 3. The minimum atomic E-state index is -1.02. The molecule has 0 bridgehead atoms. The molecular formula is C11H13ClN2O2. The number of nitrogens with one attached hydrogen (secondary N) is 1. The van der Waals surface area contributed by atoms with Crippen molar-refractivity contribution in [3.8, 4) is 0 Å². The molecule has 4 nitrogen and oxygen atoms in total. The molecule has 0 saturated carbocycles. The molecule has 16 heavy (non-hydrogen) atoms. The zero-order valence-corrected chi connectivity index (χ0v) is 9.50. The number of hydrogen-bond donors (Lipinski definition) is 2. The fraction of sp³-hybridized carbons (Fsp3) is 0.455. The molecule has 2 rings (SSSR count). The molecule has 1 saturated heterocycles. The van der Waals surface area contributed by atoms with Gasteiger partial charge >= 0.3 is 5.97 Å². The molecule has 1 atom stereocenters. The summed E-state index contributed by atoms with van der Waals surface area (Å²) in [5, 5.41) is 12.3. The lowest BCUT2D eigenvalue weighted by Crippen LogP contribution is -2.28. The van der Waals surface area contributed by atoms with E-state index in [1.807, 2.05) is 0 Å². The van der Waals surface area contributed by atoms with E-state index in [-0.39, 0.29) is 10.7 Å². The summed E-state index contributed by atoms with van der Waals surface area (Å²) in [6.45, 7) is 1.91. The van der Waals surface area contributed by atoms with Gasteiger partial charge < -0.3 is 10.4 Å². The second kappa shape index (κ2) is 4.80. The van der Waals surface area contributed by atoms with E-state index in [9.17, 15) is 4.79 Å². The van der Waals surface area contributed by atoms with E-state index in [1.165, 1.54) is 0 Å². The molecular weight excluding hydrogens is 228 g/mol. The Morgan fingerprint density at radius 3 is 3.06 bits per heavy atom. The van der Waals surface area contributed by atoms with Crippen LogP contribution in [0.4, 0.5) is 0 Å². The van der Waals surface area contributed by atoms with Gasteiger partial charge in [0.15, 0.2) is 0 Å². The van der Waals surface area contributed by atoms with Crippen molar-refractivity contribution in [2.45, 2.75) is 18.8 Å². The van der Waals surface area contributed by atoms with Crippen molar-refractivity contribution in [1.82, 2.24) is 10.3 Å². The summed E-state index contributed by atoms with van der Waals surface area (Å²) in [7, 11) is 0. The zero-order chi connectivity index (χ0) is 11.5. The van der Waals surface area contributed by atoms with Crippen molar-refractivity contribution >= 4 is 17.6 Å². The van der Waals surface area contributed by atoms with Crippen LogP contribution in [0.5, 0.6) is 0 Å². The van der Waals surface area contributed by atoms with E-state index in [0.29, 0.717) is 5.92 Å². The number of aromatic carboxylic acids is 1. The highest BCUT2D eigenvalue weighted by molar-refractivity contribution is 6.32. The molecule has 2 heterocycles. The van der Waals surface area contributed by atoms with E-state index < -0.39 is 5.97 Å². The normalized spacial score (nSPS) is 20.7. The highest BCUT2D eigenvalue weighted by Crippen LogP contribution is 2.25. The Morgan fingerprint density at radius 1 is 1.62 bits per heavy atom. The van der Waals surface area contributed by atoms with Crippen LogP contribution < -0.4 is 5.32 Å². The van der Waals surface area contributed by atoms with Gasteiger partial charge in [-0.15, -0.1) is 0 Å². The van der Waals surface area contributed by atoms with Crippen LogP contribution in [0.2, 0.25) is 5.15 Å². The average molecular weight is 241 g/mol. The predicted molar refractivity (Wildman–Crippen MR) is 61.1 cm³/mol. The van der Waals surface area contributed by atoms with Gasteiger partial charge in [0.2, 0.25) is 0 Å². The molecule has 2 N–H and O–H groups in total. The van der Waals surface area contributed by atoms with Crippen molar-refractivity contribution < 1.29 is 9.90 Å². The third-order valence-corrected chi connectivity index (χ3v) is 3.16. The predicted octanol–water partition coefficient (Wildman–Crippen LogP) is 1.90. The summed E-state index contributed by atoms with van der Waals surface area (Å²) in [5.41, 5.74) is 1.04. The van der Waals surface area contributed by atoms with Gasteiger partial charge in [-0.05, 0) is 36.9 Å². The van der Waals surface area contributed by atoms with Crippen LogP contribution in [0.1, 0.15) is 34.7 Å². The van der Waals surface area contributed by atoms with E-state index in [0.717, 1.165) is 31.5 Å². The van der Waals surface area contributed by atoms with Crippen molar-refractivity contribution in [2.24, 2.45) is 0 Å². The van der Waals surface area contributed by atoms with E-state index in [4.69, 9.17) is 16.7 Å². The van der Waals surface area contributed by atoms with E-state index in [1.54, 1.807) is 12.3 Å². The first kappa shape index (κ1) is 11.4. The molecule has 0 spiro atoms. The minimum absolute atomic E-state index is 0.0556. The molecule has 1 aromatic rings. The quantitative estimate of drug-likeness (QED) is 0.775. The molecule has 0 aromatic carbocycles. The Labute approximate surface area is 98.6 Å². The van der Waals surface area contributed by atoms with Gasteiger partial charge in [0, 0.05) is 12.7 Å². The summed E-state index contributed by atoms with van der Waals surface area (Å²) < 4.78 is 0. The summed E-state index contributed by atoms with van der Waals surface area (Å²) in [6.07, 6.45) is 3.84. The highest BCUT2D eigenvalue weighted by atomic mass is 35.5. The largest absolute Gasteiger partial charge is 0.478 e. The molecule has 1 aliphatic rings. The van der Waals surface area contributed by atoms with E-state index >= 15 is 0 Å². The Morgan fingerprint density at radius 2 is 2.44 bits per heavy atom. The van der Waals surface area contributed by atoms with Crippen LogP contribution in [-0.4, -0.2) is 29.1 Å². The summed E-state index contributed by atoms with van der Waals surface area (Å²) in [6, 6.07) is 1.63. The number of rotatable bonds is 2. The standard InChI is InChI=1S/C11H13ClN2O2/c12-10-9(11(15)16)4-8(6-14-10)7-2-1-3-13-5-7/h4,6-7,13H,1-3,5H2,(H,15,16). The lowest BCUT2D eigenvalue weighted by molar-refractivity contribution is 0.0696. The summed E-state index contributed by atoms with van der Waals surface area (Å²) >= 11 is 5.72. The first-order valence-corrected chi connectivity index (χ1v) is 5.65. The molecule has 1 fully saturated rings. The summed E-state index contributed by atoms with van der Waals surface area (Å²) in [5.74, 6) is -0.681. The second-order valence-corrected chi connectivity index (χ2v) is 4.31. The SMILES string of the molecule is O=C(O)c1cc(C2CCCNC2)cnc1Cl. The first-order chi connectivity index (χ1) is 7.68. The molecule has 1 unspecified atom stereocenters. The number of piperidine rings is 1. The van der Waals surface area contributed by atoms with Gasteiger partial charge in [-0.1, -0.05) is 11.6 Å². The highest BCUT2D eigenvalue weighted by Gasteiger charge is 2.18. The number of carboxylic acids is 1. The van der Waals surface area contributed by atoms with Gasteiger partial charge in [-0.2, -0.15) is 0 Å². The third kappa shape index (κ3) is 2.33. The maximum absolute atomic E-state index is 10.9. The average Bonchev–Trinajstić information content (AvgIpc) is 2.30. The topological polar surface area (TPSA) is 62.2 Å². The molecule has 0 radical (unpaired) electrons. The molecule has 0 amide bonds. The second-order valence-electron chi connectivity index (χ2n) is 3.96. The fourth-order valence-corrected chi connectivity index (χ4v) is 2.16. The lowest BCUT2D eigenvalue weighted by atomic mass is 9.92. The van der Waals surface area contributed by atoms with Gasteiger partial charge in [0.1, 0.15) is 5.15 Å². The molecule has 86 valence electrons. The maximum Gasteiger partial charge on any atom is 0.338 e. The van der Waals surface area contributed by atoms with Crippen molar-refractivity contribution in [3.63, 3.8) is 0 Å². The number of nitrogens with zero attached hydrogens (tertiary/aromatic N) is 1.